The van der Waals surface area contributed by atoms with E-state index >= 15 is 0 Å². The molecule has 1 heterocycles. The molecule has 1 aliphatic heterocycles. The number of nitrogens with zero attached hydrogens (tertiary/aromatic N) is 1. The third kappa shape index (κ3) is 3.52. The number of carbonyl (C=O) groups excluding carboxylic acids is 1. The molecule has 1 aromatic rings. The maximum absolute atomic E-state index is 12.0. The van der Waals surface area contributed by atoms with Crippen molar-refractivity contribution in [3.8, 4) is 11.8 Å². The smallest absolute Gasteiger partial charge is 0.225 e. The first-order valence-electron chi connectivity index (χ1n) is 7.10. The molecular weight excluding hydrogens is 296 g/mol. The van der Waals surface area contributed by atoms with Gasteiger partial charge in [0.15, 0.2) is 0 Å². The molecule has 0 saturated carbocycles. The number of carbonyl (C=O) groups is 1. The minimum Gasteiger partial charge on any atom is -0.494 e. The summed E-state index contributed by atoms with van der Waals surface area (Å²) in [6.45, 7) is 6.13. The van der Waals surface area contributed by atoms with Crippen LogP contribution in [-0.4, -0.2) is 18.3 Å². The number of hydrogen-bond acceptors (Lipinski definition) is 4. The molecule has 0 unspecified atom stereocenters. The van der Waals surface area contributed by atoms with E-state index < -0.39 is 0 Å². The first-order chi connectivity index (χ1) is 10.7. The third-order valence-corrected chi connectivity index (χ3v) is 4.31. The van der Waals surface area contributed by atoms with E-state index in [1.807, 2.05) is 31.2 Å². The molecule has 0 aromatic heterocycles. The Bertz CT molecular complexity index is 646. The quantitative estimate of drug-likeness (QED) is 0.818. The molecule has 4 nitrogen and oxygen atoms in total. The van der Waals surface area contributed by atoms with Crippen molar-refractivity contribution in [3.63, 3.8) is 0 Å². The minimum atomic E-state index is -0.270. The summed E-state index contributed by atoms with van der Waals surface area (Å²) in [5, 5.41) is 13.0. The minimum absolute atomic E-state index is 0.0816. The highest BCUT2D eigenvalue weighted by atomic mass is 32.2. The molecule has 114 valence electrons. The number of para-hydroxylation sites is 1. The number of rotatable bonds is 6. The molecule has 0 aliphatic carbocycles. The van der Waals surface area contributed by atoms with Gasteiger partial charge in [0.1, 0.15) is 5.75 Å². The fourth-order valence-corrected chi connectivity index (χ4v) is 3.21. The Kier molecular flexibility index (Phi) is 5.68. The SMILES string of the molecule is C=CCSC1=C(C#N)[C@@H](c2ccccc2OCC)CC(=O)N1. The van der Waals surface area contributed by atoms with Crippen molar-refractivity contribution in [1.82, 2.24) is 5.32 Å². The summed E-state index contributed by atoms with van der Waals surface area (Å²) < 4.78 is 5.65. The second-order valence-corrected chi connectivity index (χ2v) is 5.76. The molecule has 0 bridgehead atoms. The van der Waals surface area contributed by atoms with Gasteiger partial charge in [-0.2, -0.15) is 5.26 Å². The Hall–Kier alpha value is -2.19. The Morgan fingerprint density at radius 1 is 1.55 bits per heavy atom. The van der Waals surface area contributed by atoms with Crippen LogP contribution in [0.1, 0.15) is 24.8 Å². The Balaban J connectivity index is 2.46. The van der Waals surface area contributed by atoms with Crippen LogP contribution in [-0.2, 0) is 4.79 Å². The molecular formula is C17H18N2O2S. The topological polar surface area (TPSA) is 62.1 Å². The Morgan fingerprint density at radius 3 is 3.00 bits per heavy atom. The van der Waals surface area contributed by atoms with Gasteiger partial charge in [0.2, 0.25) is 5.91 Å². The molecule has 1 atom stereocenters. The van der Waals surface area contributed by atoms with Crippen LogP contribution < -0.4 is 10.1 Å². The van der Waals surface area contributed by atoms with Gasteiger partial charge in [0, 0.05) is 23.7 Å². The molecule has 1 N–H and O–H groups in total. The van der Waals surface area contributed by atoms with E-state index in [0.717, 1.165) is 11.3 Å². The summed E-state index contributed by atoms with van der Waals surface area (Å²) in [5.41, 5.74) is 1.46. The van der Waals surface area contributed by atoms with Gasteiger partial charge in [0.25, 0.3) is 0 Å². The highest BCUT2D eigenvalue weighted by Gasteiger charge is 2.31. The molecule has 1 amide bonds. The van der Waals surface area contributed by atoms with E-state index in [4.69, 9.17) is 4.74 Å². The molecule has 0 fully saturated rings. The lowest BCUT2D eigenvalue weighted by atomic mass is 9.86. The van der Waals surface area contributed by atoms with Crippen LogP contribution >= 0.6 is 11.8 Å². The number of nitriles is 1. The molecule has 1 aromatic carbocycles. The van der Waals surface area contributed by atoms with E-state index in [0.29, 0.717) is 23.0 Å². The zero-order valence-corrected chi connectivity index (χ0v) is 13.3. The van der Waals surface area contributed by atoms with Crippen LogP contribution in [0.2, 0.25) is 0 Å². The van der Waals surface area contributed by atoms with Crippen LogP contribution in [0.4, 0.5) is 0 Å². The maximum atomic E-state index is 12.0. The van der Waals surface area contributed by atoms with E-state index in [2.05, 4.69) is 18.0 Å². The number of nitrogens with one attached hydrogen (secondary N) is 1. The molecule has 0 saturated heterocycles. The lowest BCUT2D eigenvalue weighted by molar-refractivity contribution is -0.120. The number of benzene rings is 1. The van der Waals surface area contributed by atoms with Crippen LogP contribution in [0.25, 0.3) is 0 Å². The summed E-state index contributed by atoms with van der Waals surface area (Å²) in [6.07, 6.45) is 2.00. The average molecular weight is 314 g/mol. The Morgan fingerprint density at radius 2 is 2.32 bits per heavy atom. The monoisotopic (exact) mass is 314 g/mol. The average Bonchev–Trinajstić information content (AvgIpc) is 2.53. The van der Waals surface area contributed by atoms with Gasteiger partial charge in [-0.25, -0.2) is 0 Å². The summed E-state index contributed by atoms with van der Waals surface area (Å²) in [7, 11) is 0. The number of ether oxygens (including phenoxy) is 1. The van der Waals surface area contributed by atoms with Crippen molar-refractivity contribution in [2.75, 3.05) is 12.4 Å². The van der Waals surface area contributed by atoms with Crippen molar-refractivity contribution in [2.24, 2.45) is 0 Å². The molecule has 22 heavy (non-hydrogen) atoms. The number of allylic oxidation sites excluding steroid dienone is 1. The maximum Gasteiger partial charge on any atom is 0.225 e. The Labute approximate surface area is 134 Å². The molecule has 0 radical (unpaired) electrons. The number of hydrogen-bond donors (Lipinski definition) is 1. The van der Waals surface area contributed by atoms with Gasteiger partial charge in [-0.15, -0.1) is 18.3 Å². The van der Waals surface area contributed by atoms with Crippen LogP contribution in [0.5, 0.6) is 5.75 Å². The van der Waals surface area contributed by atoms with Gasteiger partial charge < -0.3 is 10.1 Å². The predicted octanol–water partition coefficient (Wildman–Crippen LogP) is 3.34. The van der Waals surface area contributed by atoms with Crippen molar-refractivity contribution in [2.45, 2.75) is 19.3 Å². The van der Waals surface area contributed by atoms with Crippen molar-refractivity contribution >= 4 is 17.7 Å². The van der Waals surface area contributed by atoms with Crippen LogP contribution in [0.15, 0.2) is 47.5 Å². The first kappa shape index (κ1) is 16.2. The fourth-order valence-electron chi connectivity index (χ4n) is 2.40. The molecule has 1 aliphatic rings. The summed E-state index contributed by atoms with van der Waals surface area (Å²) in [5.74, 6) is 1.02. The molecule has 2 rings (SSSR count). The van der Waals surface area contributed by atoms with Crippen molar-refractivity contribution < 1.29 is 9.53 Å². The summed E-state index contributed by atoms with van der Waals surface area (Å²) in [4.78, 5) is 12.0. The van der Waals surface area contributed by atoms with E-state index in [1.165, 1.54) is 11.8 Å². The second kappa shape index (κ2) is 7.71. The second-order valence-electron chi connectivity index (χ2n) is 4.73. The summed E-state index contributed by atoms with van der Waals surface area (Å²) in [6, 6.07) is 9.83. The van der Waals surface area contributed by atoms with Gasteiger partial charge in [-0.3, -0.25) is 4.79 Å². The lowest BCUT2D eigenvalue weighted by Crippen LogP contribution is -2.31. The van der Waals surface area contributed by atoms with E-state index in [-0.39, 0.29) is 18.2 Å². The van der Waals surface area contributed by atoms with Gasteiger partial charge >= 0.3 is 0 Å². The van der Waals surface area contributed by atoms with Gasteiger partial charge in [0.05, 0.1) is 23.3 Å². The zero-order chi connectivity index (χ0) is 15.9. The standard InChI is InChI=1S/C17H18N2O2S/c1-3-9-22-17-14(11-18)13(10-16(20)19-17)12-7-5-6-8-15(12)21-4-2/h3,5-8,13H,1,4,9-10H2,2H3,(H,19,20)/t13-/m1/s1. The number of thioether (sulfide) groups is 1. The predicted molar refractivity (Wildman–Crippen MR) is 88.4 cm³/mol. The zero-order valence-electron chi connectivity index (χ0n) is 12.5. The first-order valence-corrected chi connectivity index (χ1v) is 8.09. The highest BCUT2D eigenvalue weighted by molar-refractivity contribution is 8.03. The lowest BCUT2D eigenvalue weighted by Gasteiger charge is -2.26. The number of amides is 1. The third-order valence-electron chi connectivity index (χ3n) is 3.30. The molecule has 5 heteroatoms. The van der Waals surface area contributed by atoms with Crippen molar-refractivity contribution in [1.29, 1.82) is 5.26 Å². The molecule has 0 spiro atoms. The van der Waals surface area contributed by atoms with Gasteiger partial charge in [-0.1, -0.05) is 24.3 Å². The van der Waals surface area contributed by atoms with Crippen LogP contribution in [0, 0.1) is 11.3 Å². The van der Waals surface area contributed by atoms with E-state index in [9.17, 15) is 10.1 Å². The van der Waals surface area contributed by atoms with Crippen molar-refractivity contribution in [3.05, 3.63) is 53.1 Å². The summed E-state index contributed by atoms with van der Waals surface area (Å²) >= 11 is 1.42. The fraction of sp³-hybridized carbons (Fsp3) is 0.294. The normalized spacial score (nSPS) is 17.6. The largest absolute Gasteiger partial charge is 0.494 e. The van der Waals surface area contributed by atoms with Crippen LogP contribution in [0.3, 0.4) is 0 Å². The highest BCUT2D eigenvalue weighted by Crippen LogP contribution is 2.39. The van der Waals surface area contributed by atoms with Gasteiger partial charge in [-0.05, 0) is 13.0 Å². The van der Waals surface area contributed by atoms with E-state index in [1.54, 1.807) is 6.08 Å².